The van der Waals surface area contributed by atoms with Crippen LogP contribution in [0.3, 0.4) is 0 Å². The Morgan fingerprint density at radius 2 is 2.14 bits per heavy atom. The molecule has 1 aliphatic carbocycles. The quantitative estimate of drug-likeness (QED) is 0.685. The minimum atomic E-state index is 0.398. The lowest BCUT2D eigenvalue weighted by Gasteiger charge is -2.25. The van der Waals surface area contributed by atoms with Crippen molar-refractivity contribution in [3.8, 4) is 0 Å². The van der Waals surface area contributed by atoms with Gasteiger partial charge in [-0.05, 0) is 30.5 Å². The van der Waals surface area contributed by atoms with Crippen LogP contribution < -0.4 is 0 Å². The Labute approximate surface area is 83.1 Å². The Morgan fingerprint density at radius 1 is 1.36 bits per heavy atom. The highest BCUT2D eigenvalue weighted by Gasteiger charge is 2.18. The van der Waals surface area contributed by atoms with E-state index in [2.05, 4.69) is 5.18 Å². The molecule has 14 heavy (non-hydrogen) atoms. The molecular formula is C11H13NO2. The van der Waals surface area contributed by atoms with E-state index < -0.39 is 0 Å². The lowest BCUT2D eigenvalue weighted by molar-refractivity contribution is -0.00846. The highest BCUT2D eigenvalue weighted by atomic mass is 16.5. The summed E-state index contributed by atoms with van der Waals surface area (Å²) in [6.07, 6.45) is 3.96. The first-order valence-electron chi connectivity index (χ1n) is 4.93. The zero-order valence-corrected chi connectivity index (χ0v) is 7.98. The number of benzene rings is 1. The summed E-state index contributed by atoms with van der Waals surface area (Å²) >= 11 is 0. The van der Waals surface area contributed by atoms with Crippen molar-refractivity contribution in [2.75, 3.05) is 0 Å². The van der Waals surface area contributed by atoms with E-state index >= 15 is 0 Å². The fourth-order valence-electron chi connectivity index (χ4n) is 1.47. The standard InChI is InChI=1S/C11H13NO2/c13-12-11-7-2-1-4-9(11)8-14-10-5-3-6-10/h1-2,4,7,10H,3,5-6,8H2. The van der Waals surface area contributed by atoms with Gasteiger partial charge >= 0.3 is 0 Å². The van der Waals surface area contributed by atoms with Crippen LogP contribution >= 0.6 is 0 Å². The van der Waals surface area contributed by atoms with E-state index in [-0.39, 0.29) is 0 Å². The van der Waals surface area contributed by atoms with Crippen molar-refractivity contribution in [2.24, 2.45) is 5.18 Å². The summed E-state index contributed by atoms with van der Waals surface area (Å²) in [7, 11) is 0. The van der Waals surface area contributed by atoms with Gasteiger partial charge in [0.05, 0.1) is 12.7 Å². The van der Waals surface area contributed by atoms with Crippen molar-refractivity contribution in [1.82, 2.24) is 0 Å². The molecular weight excluding hydrogens is 178 g/mol. The van der Waals surface area contributed by atoms with Crippen molar-refractivity contribution in [1.29, 1.82) is 0 Å². The van der Waals surface area contributed by atoms with Crippen LogP contribution in [0.15, 0.2) is 29.4 Å². The van der Waals surface area contributed by atoms with Crippen LogP contribution in [0.4, 0.5) is 5.69 Å². The summed E-state index contributed by atoms with van der Waals surface area (Å²) in [4.78, 5) is 10.4. The number of rotatable bonds is 4. The molecule has 74 valence electrons. The monoisotopic (exact) mass is 191 g/mol. The van der Waals surface area contributed by atoms with Gasteiger partial charge in [0.15, 0.2) is 0 Å². The first-order chi connectivity index (χ1) is 6.90. The molecule has 1 aliphatic rings. The molecule has 0 atom stereocenters. The van der Waals surface area contributed by atoms with Crippen LogP contribution in [-0.2, 0) is 11.3 Å². The molecule has 0 amide bonds. The Morgan fingerprint density at radius 3 is 2.79 bits per heavy atom. The predicted octanol–water partition coefficient (Wildman–Crippen LogP) is 3.15. The largest absolute Gasteiger partial charge is 0.373 e. The van der Waals surface area contributed by atoms with Crippen molar-refractivity contribution in [3.63, 3.8) is 0 Å². The van der Waals surface area contributed by atoms with Crippen LogP contribution in [0.2, 0.25) is 0 Å². The molecule has 1 aromatic rings. The molecule has 0 saturated heterocycles. The second-order valence-corrected chi connectivity index (χ2v) is 3.58. The zero-order chi connectivity index (χ0) is 9.80. The highest BCUT2D eigenvalue weighted by molar-refractivity contribution is 5.44. The topological polar surface area (TPSA) is 38.7 Å². The third kappa shape index (κ3) is 1.99. The molecule has 0 N–H and O–H groups in total. The van der Waals surface area contributed by atoms with Crippen molar-refractivity contribution < 1.29 is 4.74 Å². The van der Waals surface area contributed by atoms with Gasteiger partial charge in [0, 0.05) is 5.56 Å². The maximum Gasteiger partial charge on any atom is 0.113 e. The first-order valence-corrected chi connectivity index (χ1v) is 4.93. The normalized spacial score (nSPS) is 16.3. The fourth-order valence-corrected chi connectivity index (χ4v) is 1.47. The van der Waals surface area contributed by atoms with Gasteiger partial charge < -0.3 is 4.74 Å². The molecule has 2 rings (SSSR count). The Kier molecular flexibility index (Phi) is 2.89. The van der Waals surface area contributed by atoms with E-state index in [1.165, 1.54) is 6.42 Å². The molecule has 0 aromatic heterocycles. The Hall–Kier alpha value is -1.22. The number of nitroso groups, excluding NO2 is 1. The van der Waals surface area contributed by atoms with Crippen LogP contribution in [0, 0.1) is 4.91 Å². The molecule has 3 heteroatoms. The molecule has 1 saturated carbocycles. The van der Waals surface area contributed by atoms with Crippen LogP contribution in [0.1, 0.15) is 24.8 Å². The SMILES string of the molecule is O=Nc1ccccc1COC1CCC1. The molecule has 1 fully saturated rings. The molecule has 0 radical (unpaired) electrons. The number of nitrogens with zero attached hydrogens (tertiary/aromatic N) is 1. The van der Waals surface area contributed by atoms with Gasteiger partial charge in [-0.2, -0.15) is 0 Å². The maximum atomic E-state index is 10.4. The summed E-state index contributed by atoms with van der Waals surface area (Å²) in [5.41, 5.74) is 1.38. The summed E-state index contributed by atoms with van der Waals surface area (Å²) in [5.74, 6) is 0. The van der Waals surface area contributed by atoms with Crippen molar-refractivity contribution >= 4 is 5.69 Å². The van der Waals surface area contributed by atoms with E-state index in [4.69, 9.17) is 4.74 Å². The lowest BCUT2D eigenvalue weighted by Crippen LogP contribution is -2.21. The van der Waals surface area contributed by atoms with E-state index in [0.717, 1.165) is 18.4 Å². The molecule has 0 unspecified atom stereocenters. The van der Waals surface area contributed by atoms with Crippen LogP contribution in [0.25, 0.3) is 0 Å². The minimum Gasteiger partial charge on any atom is -0.373 e. The second kappa shape index (κ2) is 4.33. The van der Waals surface area contributed by atoms with Gasteiger partial charge in [-0.3, -0.25) is 0 Å². The average Bonchev–Trinajstić information content (AvgIpc) is 2.16. The molecule has 1 aromatic carbocycles. The lowest BCUT2D eigenvalue weighted by atomic mass is 9.96. The van der Waals surface area contributed by atoms with Gasteiger partial charge in [-0.15, -0.1) is 4.91 Å². The van der Waals surface area contributed by atoms with Crippen molar-refractivity contribution in [2.45, 2.75) is 32.0 Å². The number of ether oxygens (including phenoxy) is 1. The van der Waals surface area contributed by atoms with Crippen molar-refractivity contribution in [3.05, 3.63) is 34.7 Å². The van der Waals surface area contributed by atoms with E-state index in [1.807, 2.05) is 18.2 Å². The Balaban J connectivity index is 1.96. The molecule has 0 heterocycles. The van der Waals surface area contributed by atoms with Gasteiger partial charge in [0.2, 0.25) is 0 Å². The average molecular weight is 191 g/mol. The van der Waals surface area contributed by atoms with Crippen LogP contribution in [-0.4, -0.2) is 6.10 Å². The van der Waals surface area contributed by atoms with Gasteiger partial charge in [-0.25, -0.2) is 0 Å². The molecule has 0 spiro atoms. The molecule has 3 nitrogen and oxygen atoms in total. The fraction of sp³-hybridized carbons (Fsp3) is 0.455. The van der Waals surface area contributed by atoms with E-state index in [0.29, 0.717) is 18.4 Å². The van der Waals surface area contributed by atoms with E-state index in [1.54, 1.807) is 6.07 Å². The highest BCUT2D eigenvalue weighted by Crippen LogP contribution is 2.25. The summed E-state index contributed by atoms with van der Waals surface area (Å²) in [6, 6.07) is 7.31. The number of hydrogen-bond donors (Lipinski definition) is 0. The third-order valence-electron chi connectivity index (χ3n) is 2.62. The summed E-state index contributed by atoms with van der Waals surface area (Å²) in [6.45, 7) is 0.507. The van der Waals surface area contributed by atoms with Gasteiger partial charge in [0.25, 0.3) is 0 Å². The molecule has 0 bridgehead atoms. The zero-order valence-electron chi connectivity index (χ0n) is 7.98. The molecule has 0 aliphatic heterocycles. The third-order valence-corrected chi connectivity index (χ3v) is 2.62. The Bertz CT molecular complexity index is 321. The van der Waals surface area contributed by atoms with Crippen LogP contribution in [0.5, 0.6) is 0 Å². The van der Waals surface area contributed by atoms with E-state index in [9.17, 15) is 4.91 Å². The second-order valence-electron chi connectivity index (χ2n) is 3.58. The summed E-state index contributed by atoms with van der Waals surface area (Å²) in [5, 5.41) is 2.96. The minimum absolute atomic E-state index is 0.398. The predicted molar refractivity (Wildman–Crippen MR) is 54.3 cm³/mol. The first kappa shape index (κ1) is 9.34. The number of hydrogen-bond acceptors (Lipinski definition) is 3. The van der Waals surface area contributed by atoms with Gasteiger partial charge in [0.1, 0.15) is 5.69 Å². The summed E-state index contributed by atoms with van der Waals surface area (Å²) < 4.78 is 5.61. The van der Waals surface area contributed by atoms with Gasteiger partial charge in [-0.1, -0.05) is 18.2 Å². The smallest absolute Gasteiger partial charge is 0.113 e. The maximum absolute atomic E-state index is 10.4.